The normalized spacial score (nSPS) is 11.7. The zero-order valence-electron chi connectivity index (χ0n) is 11.3. The number of alkyl halides is 3. The molecule has 112 valence electrons. The fourth-order valence-electron chi connectivity index (χ4n) is 2.06. The lowest BCUT2D eigenvalue weighted by molar-refractivity contribution is -0.140. The van der Waals surface area contributed by atoms with Crippen LogP contribution in [-0.2, 0) is 19.6 Å². The molecule has 3 nitrogen and oxygen atoms in total. The van der Waals surface area contributed by atoms with Crippen LogP contribution in [0.25, 0.3) is 0 Å². The van der Waals surface area contributed by atoms with E-state index in [2.05, 4.69) is 5.10 Å². The number of benzene rings is 1. The fourth-order valence-corrected chi connectivity index (χ4v) is 2.06. The highest BCUT2D eigenvalue weighted by Crippen LogP contribution is 2.32. The summed E-state index contributed by atoms with van der Waals surface area (Å²) in [5.41, 5.74) is -0.822. The largest absolute Gasteiger partial charge is 0.419 e. The van der Waals surface area contributed by atoms with Crippen molar-refractivity contribution in [1.82, 2.24) is 9.78 Å². The van der Waals surface area contributed by atoms with Gasteiger partial charge in [0.2, 0.25) is 0 Å². The molecule has 0 N–H and O–H groups in total. The Kier molecular flexibility index (Phi) is 3.85. The van der Waals surface area contributed by atoms with E-state index >= 15 is 0 Å². The molecule has 21 heavy (non-hydrogen) atoms. The first-order chi connectivity index (χ1) is 9.70. The van der Waals surface area contributed by atoms with Gasteiger partial charge in [-0.15, -0.1) is 0 Å². The number of hydrogen-bond acceptors (Lipinski definition) is 2. The molecule has 0 amide bonds. The van der Waals surface area contributed by atoms with Gasteiger partial charge in [0.25, 0.3) is 0 Å². The first kappa shape index (κ1) is 15.2. The summed E-state index contributed by atoms with van der Waals surface area (Å²) in [4.78, 5) is 12.0. The van der Waals surface area contributed by atoms with Crippen molar-refractivity contribution >= 4 is 5.78 Å². The van der Waals surface area contributed by atoms with Crippen LogP contribution in [-0.4, -0.2) is 15.6 Å². The van der Waals surface area contributed by atoms with Crippen molar-refractivity contribution in [3.63, 3.8) is 0 Å². The van der Waals surface area contributed by atoms with Crippen molar-refractivity contribution in [3.8, 4) is 0 Å². The molecule has 1 aromatic carbocycles. The zero-order chi connectivity index (χ0) is 15.8. The van der Waals surface area contributed by atoms with Gasteiger partial charge in [-0.05, 0) is 25.1 Å². The number of halogens is 4. The maximum atomic E-state index is 13.9. The third-order valence-corrected chi connectivity index (χ3v) is 3.05. The Morgan fingerprint density at radius 3 is 2.52 bits per heavy atom. The molecule has 0 aliphatic heterocycles. The molecule has 0 saturated carbocycles. The number of nitrogens with zero attached hydrogens (tertiary/aromatic N) is 2. The second-order valence-electron chi connectivity index (χ2n) is 4.67. The van der Waals surface area contributed by atoms with Crippen molar-refractivity contribution in [2.75, 3.05) is 0 Å². The summed E-state index contributed by atoms with van der Waals surface area (Å²) in [7, 11) is 1.61. The van der Waals surface area contributed by atoms with Gasteiger partial charge < -0.3 is 0 Å². The molecule has 0 atom stereocenters. The molecular formula is C14H12F4N2O. The van der Waals surface area contributed by atoms with Crippen molar-refractivity contribution < 1.29 is 22.4 Å². The van der Waals surface area contributed by atoms with Crippen LogP contribution >= 0.6 is 0 Å². The smallest absolute Gasteiger partial charge is 0.294 e. The predicted octanol–water partition coefficient (Wildman–Crippen LogP) is 3.31. The molecule has 0 fully saturated rings. The number of hydrogen-bond donors (Lipinski definition) is 0. The summed E-state index contributed by atoms with van der Waals surface area (Å²) in [5, 5.41) is 4.03. The molecule has 2 aromatic rings. The molecule has 0 radical (unpaired) electrons. The van der Waals surface area contributed by atoms with E-state index in [4.69, 9.17) is 0 Å². The van der Waals surface area contributed by atoms with Gasteiger partial charge in [-0.2, -0.15) is 18.3 Å². The van der Waals surface area contributed by atoms with E-state index < -0.39 is 28.9 Å². The van der Waals surface area contributed by atoms with Crippen LogP contribution in [0.4, 0.5) is 17.6 Å². The maximum absolute atomic E-state index is 13.9. The summed E-state index contributed by atoms with van der Waals surface area (Å²) in [6.07, 6.45) is -5.04. The zero-order valence-corrected chi connectivity index (χ0v) is 11.3. The minimum absolute atomic E-state index is 0.213. The highest BCUT2D eigenvalue weighted by molar-refractivity contribution is 5.97. The van der Waals surface area contributed by atoms with Gasteiger partial charge >= 0.3 is 6.18 Å². The van der Waals surface area contributed by atoms with Crippen LogP contribution in [0.2, 0.25) is 0 Å². The minimum atomic E-state index is -4.83. The van der Waals surface area contributed by atoms with Crippen LogP contribution in [0, 0.1) is 12.7 Å². The number of ketones is 1. The summed E-state index contributed by atoms with van der Waals surface area (Å²) in [6.45, 7) is 1.72. The van der Waals surface area contributed by atoms with Gasteiger partial charge in [0.05, 0.1) is 23.2 Å². The summed E-state index contributed by atoms with van der Waals surface area (Å²) in [6, 6.07) is 4.31. The predicted molar refractivity (Wildman–Crippen MR) is 67.4 cm³/mol. The molecule has 2 rings (SSSR count). The molecule has 7 heteroatoms. The Balaban J connectivity index is 2.34. The van der Waals surface area contributed by atoms with Crippen molar-refractivity contribution in [3.05, 3.63) is 52.6 Å². The molecule has 0 bridgehead atoms. The van der Waals surface area contributed by atoms with Gasteiger partial charge in [0, 0.05) is 12.7 Å². The maximum Gasteiger partial charge on any atom is 0.419 e. The van der Waals surface area contributed by atoms with Crippen LogP contribution < -0.4 is 0 Å². The first-order valence-corrected chi connectivity index (χ1v) is 6.08. The lowest BCUT2D eigenvalue weighted by atomic mass is 10.0. The Hall–Kier alpha value is -2.18. The van der Waals surface area contributed by atoms with E-state index in [1.165, 1.54) is 4.68 Å². The lowest BCUT2D eigenvalue weighted by Crippen LogP contribution is -2.14. The molecule has 1 aromatic heterocycles. The highest BCUT2D eigenvalue weighted by atomic mass is 19.4. The summed E-state index contributed by atoms with van der Waals surface area (Å²) < 4.78 is 53.2. The van der Waals surface area contributed by atoms with E-state index in [-0.39, 0.29) is 6.42 Å². The topological polar surface area (TPSA) is 34.9 Å². The Morgan fingerprint density at radius 1 is 1.33 bits per heavy atom. The number of aryl methyl sites for hydroxylation is 2. The van der Waals surface area contributed by atoms with Crippen LogP contribution in [0.5, 0.6) is 0 Å². The van der Waals surface area contributed by atoms with E-state index in [0.717, 1.165) is 12.1 Å². The number of carbonyl (C=O) groups excluding carboxylic acids is 1. The molecule has 0 aliphatic rings. The Bertz CT molecular complexity index is 689. The van der Waals surface area contributed by atoms with Crippen LogP contribution in [0.1, 0.15) is 27.3 Å². The molecule has 1 heterocycles. The fraction of sp³-hybridized carbons (Fsp3) is 0.286. The van der Waals surface area contributed by atoms with Crippen LogP contribution in [0.15, 0.2) is 24.3 Å². The standard InChI is InChI=1S/C14H12F4N2O/c1-8-6-9(20(2)19-8)7-12(21)10-4-3-5-11(13(10)15)14(16,17)18/h3-6H,7H2,1-2H3. The van der Waals surface area contributed by atoms with Crippen molar-refractivity contribution in [2.24, 2.45) is 7.05 Å². The average molecular weight is 300 g/mol. The second kappa shape index (κ2) is 5.31. The van der Waals surface area contributed by atoms with Crippen molar-refractivity contribution in [2.45, 2.75) is 19.5 Å². The SMILES string of the molecule is Cc1cc(CC(=O)c2cccc(C(F)(F)F)c2F)n(C)n1. The number of carbonyl (C=O) groups is 1. The van der Waals surface area contributed by atoms with Crippen molar-refractivity contribution in [1.29, 1.82) is 0 Å². The minimum Gasteiger partial charge on any atom is -0.294 e. The number of Topliss-reactive ketones (excluding diaryl/α,β-unsaturated/α-hetero) is 1. The Morgan fingerprint density at radius 2 is 2.00 bits per heavy atom. The van der Waals surface area contributed by atoms with Gasteiger partial charge in [-0.1, -0.05) is 6.07 Å². The Labute approximate surface area is 118 Å². The third-order valence-electron chi connectivity index (χ3n) is 3.05. The first-order valence-electron chi connectivity index (χ1n) is 6.08. The quantitative estimate of drug-likeness (QED) is 0.644. The van der Waals surface area contributed by atoms with E-state index in [9.17, 15) is 22.4 Å². The highest BCUT2D eigenvalue weighted by Gasteiger charge is 2.35. The van der Waals surface area contributed by atoms with E-state index in [1.54, 1.807) is 20.0 Å². The molecule has 0 aliphatic carbocycles. The summed E-state index contributed by atoms with van der Waals surface area (Å²) in [5.74, 6) is -2.25. The van der Waals surface area contributed by atoms with E-state index in [1.807, 2.05) is 0 Å². The lowest BCUT2D eigenvalue weighted by Gasteiger charge is -2.10. The van der Waals surface area contributed by atoms with Gasteiger partial charge in [0.1, 0.15) is 5.82 Å². The second-order valence-corrected chi connectivity index (χ2v) is 4.67. The molecule has 0 spiro atoms. The monoisotopic (exact) mass is 300 g/mol. The number of rotatable bonds is 3. The van der Waals surface area contributed by atoms with Gasteiger partial charge in [-0.25, -0.2) is 4.39 Å². The number of aromatic nitrogens is 2. The summed E-state index contributed by atoms with van der Waals surface area (Å²) >= 11 is 0. The van der Waals surface area contributed by atoms with Gasteiger partial charge in [-0.3, -0.25) is 9.48 Å². The average Bonchev–Trinajstić information content (AvgIpc) is 2.66. The molecular weight excluding hydrogens is 288 g/mol. The van der Waals surface area contributed by atoms with Crippen LogP contribution in [0.3, 0.4) is 0 Å². The van der Waals surface area contributed by atoms with E-state index in [0.29, 0.717) is 17.5 Å². The molecule has 0 unspecified atom stereocenters. The van der Waals surface area contributed by atoms with Gasteiger partial charge in [0.15, 0.2) is 5.78 Å². The molecule has 0 saturated heterocycles. The third kappa shape index (κ3) is 3.12.